The molecule has 0 N–H and O–H groups in total. The summed E-state index contributed by atoms with van der Waals surface area (Å²) >= 11 is 0. The summed E-state index contributed by atoms with van der Waals surface area (Å²) in [5.41, 5.74) is 6.73. The summed E-state index contributed by atoms with van der Waals surface area (Å²) in [6.07, 6.45) is 1.31. The normalized spacial score (nSPS) is 10.5. The van der Waals surface area contributed by atoms with E-state index >= 15 is 0 Å². The molecule has 8 aromatic carbocycles. The van der Waals surface area contributed by atoms with Crippen molar-refractivity contribution in [3.05, 3.63) is 257 Å². The van der Waals surface area contributed by atoms with Crippen molar-refractivity contribution >= 4 is 71.4 Å². The largest absolute Gasteiger partial charge is 2.00 e. The Hall–Kier alpha value is -6.30. The predicted octanol–water partition coefficient (Wildman–Crippen LogP) is 13.7. The van der Waals surface area contributed by atoms with Crippen molar-refractivity contribution in [3.63, 3.8) is 0 Å². The summed E-state index contributed by atoms with van der Waals surface area (Å²) in [6, 6.07) is 78.2. The van der Waals surface area contributed by atoms with Crippen LogP contribution in [0.4, 0.5) is 5.69 Å². The van der Waals surface area contributed by atoms with Gasteiger partial charge in [-0.3, -0.25) is 10.9 Å². The Bertz CT molecular complexity index is 2450. The van der Waals surface area contributed by atoms with Gasteiger partial charge in [0.05, 0.1) is 17.9 Å². The molecule has 0 aliphatic rings. The van der Waals surface area contributed by atoms with E-state index in [2.05, 4.69) is 254 Å². The molecular weight excluding hydrogens is 937 g/mol. The Morgan fingerprint density at radius 1 is 0.543 bits per heavy atom. The van der Waals surface area contributed by atoms with Gasteiger partial charge in [0.2, 0.25) is 0 Å². The molecule has 0 unspecified atom stereocenters. The second-order valence-corrected chi connectivity index (χ2v) is 21.2. The van der Waals surface area contributed by atoms with Gasteiger partial charge in [0, 0.05) is 6.21 Å². The zero-order valence-electron chi connectivity index (χ0n) is 41.6. The molecule has 0 saturated carbocycles. The van der Waals surface area contributed by atoms with Crippen molar-refractivity contribution in [1.82, 2.24) is 0 Å². The van der Waals surface area contributed by atoms with Gasteiger partial charge < -0.3 is 10.1 Å². The average molecular weight is 1000 g/mol. The number of carbonyl (C=O) groups is 1. The van der Waals surface area contributed by atoms with Crippen molar-refractivity contribution in [2.45, 2.75) is 67.2 Å². The summed E-state index contributed by atoms with van der Waals surface area (Å²) in [5, 5.41) is 17.5. The van der Waals surface area contributed by atoms with Gasteiger partial charge in [0.25, 0.3) is 0 Å². The number of hydrogen-bond donors (Lipinski definition) is 0. The summed E-state index contributed by atoms with van der Waals surface area (Å²) in [6.45, 7) is 16.6. The molecule has 70 heavy (non-hydrogen) atoms. The van der Waals surface area contributed by atoms with Crippen molar-refractivity contribution in [3.8, 4) is 0 Å². The van der Waals surface area contributed by atoms with E-state index in [4.69, 9.17) is 10.1 Å². The number of esters is 1. The number of benzene rings is 8. The molecule has 0 atom stereocenters. The maximum absolute atomic E-state index is 11.7. The number of rotatable bonds is 12. The van der Waals surface area contributed by atoms with Gasteiger partial charge >= 0.3 is 22.5 Å². The Kier molecular flexibility index (Phi) is 24.4. The molecule has 8 rings (SSSR count). The number of ether oxygens (including phenoxy) is 1. The van der Waals surface area contributed by atoms with E-state index < -0.39 is 21.8 Å². The zero-order valence-corrected chi connectivity index (χ0v) is 44.3. The van der Waals surface area contributed by atoms with Gasteiger partial charge in [0.15, 0.2) is 0 Å². The third-order valence-electron chi connectivity index (χ3n) is 10.7. The second-order valence-electron chi connectivity index (χ2n) is 16.8. The van der Waals surface area contributed by atoms with E-state index in [9.17, 15) is 4.79 Å². The van der Waals surface area contributed by atoms with Crippen LogP contribution in [-0.4, -0.2) is 24.7 Å². The summed E-state index contributed by atoms with van der Waals surface area (Å²) < 4.78 is 4.85. The Balaban J connectivity index is 0.000000209. The number of aliphatic imine (C=N–C) groups is 1. The van der Waals surface area contributed by atoms with E-state index in [1.165, 1.54) is 54.7 Å². The number of para-hydroxylation sites is 1. The number of hydrogen-bond acceptors (Lipinski definition) is 3. The monoisotopic (exact) mass is 1000 g/mol. The molecule has 0 bridgehead atoms. The second kappa shape index (κ2) is 30.3. The fourth-order valence-corrected chi connectivity index (χ4v) is 12.2. The minimum atomic E-state index is -0.637. The van der Waals surface area contributed by atoms with Crippen LogP contribution in [0.5, 0.6) is 0 Å². The molecule has 358 valence electrons. The van der Waals surface area contributed by atoms with E-state index in [0.717, 1.165) is 16.8 Å². The molecule has 0 aliphatic heterocycles. The van der Waals surface area contributed by atoms with E-state index in [1.54, 1.807) is 6.92 Å². The third-order valence-corrected chi connectivity index (χ3v) is 15.5. The van der Waals surface area contributed by atoms with Crippen LogP contribution in [0.2, 0.25) is 0 Å². The molecule has 0 fully saturated rings. The van der Waals surface area contributed by atoms with Crippen LogP contribution in [0, 0.1) is 26.8 Å². The first-order chi connectivity index (χ1) is 33.5. The Labute approximate surface area is 431 Å². The van der Waals surface area contributed by atoms with Crippen molar-refractivity contribution in [2.75, 3.05) is 6.61 Å². The summed E-state index contributed by atoms with van der Waals surface area (Å²) in [4.78, 5) is 16.1. The molecule has 7 heteroatoms. The first kappa shape index (κ1) is 56.3. The van der Waals surface area contributed by atoms with Crippen LogP contribution in [0.15, 0.2) is 223 Å². The number of carbonyl (C=O) groups excluding carboxylic acids is 1. The molecule has 0 aliphatic carbocycles. The Morgan fingerprint density at radius 2 is 0.843 bits per heavy atom. The molecule has 4 nitrogen and oxygen atoms in total. The van der Waals surface area contributed by atoms with Crippen LogP contribution in [0.25, 0.3) is 5.41 Å². The fraction of sp³-hybridized carbons (Fsp3) is 0.175. The van der Waals surface area contributed by atoms with Gasteiger partial charge in [0.1, 0.15) is 0 Å². The van der Waals surface area contributed by atoms with Gasteiger partial charge in [-0.2, -0.15) is 34.9 Å². The minimum absolute atomic E-state index is 0. The smallest absolute Gasteiger partial charge is 0.763 e. The van der Waals surface area contributed by atoms with Crippen LogP contribution in [0.3, 0.4) is 0 Å². The topological polar surface area (TPSA) is 61.0 Å². The zero-order chi connectivity index (χ0) is 49.4. The molecular formula is C63H64N2NiO2P2. The van der Waals surface area contributed by atoms with Gasteiger partial charge in [-0.1, -0.05) is 249 Å². The number of nitrogens with zero attached hydrogens (tertiary/aromatic N) is 2. The third kappa shape index (κ3) is 17.6. The first-order valence-electron chi connectivity index (χ1n) is 23.5. The van der Waals surface area contributed by atoms with Crippen LogP contribution in [-0.2, 0) is 26.0 Å². The summed E-state index contributed by atoms with van der Waals surface area (Å²) in [7, 11) is -0.892. The van der Waals surface area contributed by atoms with Crippen molar-refractivity contribution in [1.29, 1.82) is 0 Å². The standard InChI is InChI=1S/C18H23N2O2.2C18H15P.C9H11.Ni/c1-6-22-18(21)14(10-19)11-20-17-15(12(2)3)8-7-9-16(17)13(4)5;2*1-4-10-16(11-5-1)19(17-12-6-2-7-13-17)18-14-8-3-9-15-18;1-7-4-8(2)6-9(3)5-7;/h7-9,11-13H,6H2,1-5H3;2*1-15H;4-5H,1-3H3;/q-1;;;-1;+2. The maximum Gasteiger partial charge on any atom is 2.00 e. The van der Waals surface area contributed by atoms with Crippen LogP contribution in [0.1, 0.15) is 74.3 Å². The van der Waals surface area contributed by atoms with Crippen LogP contribution < -0.4 is 31.8 Å². The van der Waals surface area contributed by atoms with Crippen LogP contribution >= 0.6 is 15.8 Å². The van der Waals surface area contributed by atoms with E-state index in [1.807, 2.05) is 24.1 Å². The SMILES string of the molecule is CCOC(=O)C(=C=[N-])C=Nc1c(C(C)C)cccc1C(C)C.Cc1[c-]c(C)cc(C)c1.[Ni+2].c1ccc(P(c2ccccc2)c2ccccc2)cc1.c1ccc(P(c2ccccc2)c2ccccc2)cc1. The molecule has 0 saturated heterocycles. The van der Waals surface area contributed by atoms with Crippen molar-refractivity contribution < 1.29 is 26.0 Å². The molecule has 0 spiro atoms. The molecule has 0 heterocycles. The molecule has 8 aromatic rings. The van der Waals surface area contributed by atoms with Gasteiger partial charge in [-0.05, 0) is 77.6 Å². The first-order valence-corrected chi connectivity index (χ1v) is 26.2. The molecule has 0 aromatic heterocycles. The Morgan fingerprint density at radius 3 is 1.09 bits per heavy atom. The van der Waals surface area contributed by atoms with E-state index in [0.29, 0.717) is 11.8 Å². The number of aryl methyl sites for hydroxylation is 3. The van der Waals surface area contributed by atoms with Gasteiger partial charge in [-0.25, -0.2) is 4.79 Å². The molecule has 0 amide bonds. The maximum atomic E-state index is 11.7. The fourth-order valence-electron chi connectivity index (χ4n) is 7.59. The minimum Gasteiger partial charge on any atom is -0.763 e. The van der Waals surface area contributed by atoms with Crippen molar-refractivity contribution in [2.24, 2.45) is 4.99 Å². The quantitative estimate of drug-likeness (QED) is 0.0306. The molecule has 0 radical (unpaired) electrons. The predicted molar refractivity (Wildman–Crippen MR) is 301 cm³/mol. The van der Waals surface area contributed by atoms with E-state index in [-0.39, 0.29) is 28.7 Å². The summed E-state index contributed by atoms with van der Waals surface area (Å²) in [5.74, 6) is 1.82. The average Bonchev–Trinajstić information content (AvgIpc) is 3.36. The van der Waals surface area contributed by atoms with Gasteiger partial charge in [-0.15, -0.1) is 0 Å².